The first-order chi connectivity index (χ1) is 13.0. The third kappa shape index (κ3) is 3.31. The number of aromatic nitrogens is 2. The van der Waals surface area contributed by atoms with Crippen LogP contribution < -0.4 is 0 Å². The molecule has 0 aliphatic rings. The lowest BCUT2D eigenvalue weighted by Crippen LogP contribution is -1.98. The maximum absolute atomic E-state index is 13.3. The Kier molecular flexibility index (Phi) is 4.20. The van der Waals surface area contributed by atoms with Gasteiger partial charge in [-0.25, -0.2) is 18.7 Å². The number of halogens is 2. The number of nitrogens with zero attached hydrogens (tertiary/aromatic N) is 2. The summed E-state index contributed by atoms with van der Waals surface area (Å²) in [6, 6.07) is 17.0. The molecule has 0 spiro atoms. The van der Waals surface area contributed by atoms with E-state index in [0.29, 0.717) is 39.1 Å². The first kappa shape index (κ1) is 17.0. The van der Waals surface area contributed by atoms with Crippen molar-refractivity contribution >= 4 is 16.8 Å². The Labute approximate surface area is 154 Å². The van der Waals surface area contributed by atoms with Gasteiger partial charge < -0.3 is 0 Å². The molecule has 4 rings (SSSR count). The van der Waals surface area contributed by atoms with Crippen molar-refractivity contribution in [2.45, 2.75) is 6.92 Å². The summed E-state index contributed by atoms with van der Waals surface area (Å²) in [4.78, 5) is 21.0. The van der Waals surface area contributed by atoms with Crippen molar-refractivity contribution < 1.29 is 13.6 Å². The van der Waals surface area contributed by atoms with Crippen LogP contribution in [0.1, 0.15) is 17.3 Å². The SMILES string of the molecule is CC(=O)c1ccc2nc(-c3ccc(F)cc3)c(-c3ccc(F)cc3)nc2c1. The molecule has 0 amide bonds. The summed E-state index contributed by atoms with van der Waals surface area (Å²) < 4.78 is 26.7. The Morgan fingerprint density at radius 3 is 1.67 bits per heavy atom. The number of hydrogen-bond donors (Lipinski definition) is 0. The van der Waals surface area contributed by atoms with E-state index in [0.717, 1.165) is 0 Å². The molecule has 0 radical (unpaired) electrons. The Balaban J connectivity index is 2.00. The molecule has 5 heteroatoms. The molecule has 0 N–H and O–H groups in total. The second-order valence-electron chi connectivity index (χ2n) is 6.19. The number of hydrogen-bond acceptors (Lipinski definition) is 3. The molecule has 27 heavy (non-hydrogen) atoms. The molecule has 1 aromatic heterocycles. The van der Waals surface area contributed by atoms with Crippen molar-refractivity contribution in [3.8, 4) is 22.5 Å². The van der Waals surface area contributed by atoms with Gasteiger partial charge in [-0.2, -0.15) is 0 Å². The Morgan fingerprint density at radius 1 is 0.704 bits per heavy atom. The highest BCUT2D eigenvalue weighted by molar-refractivity contribution is 5.98. The maximum atomic E-state index is 13.3. The summed E-state index contributed by atoms with van der Waals surface area (Å²) in [6.45, 7) is 1.49. The van der Waals surface area contributed by atoms with Gasteiger partial charge in [0.05, 0.1) is 22.4 Å². The Hall–Kier alpha value is -3.47. The number of ketones is 1. The van der Waals surface area contributed by atoms with Crippen LogP contribution in [-0.4, -0.2) is 15.8 Å². The summed E-state index contributed by atoms with van der Waals surface area (Å²) in [5.41, 5.74) is 4.19. The van der Waals surface area contributed by atoms with E-state index in [4.69, 9.17) is 0 Å². The summed E-state index contributed by atoms with van der Waals surface area (Å²) in [6.07, 6.45) is 0. The van der Waals surface area contributed by atoms with Crippen molar-refractivity contribution in [2.75, 3.05) is 0 Å². The van der Waals surface area contributed by atoms with Gasteiger partial charge in [0.25, 0.3) is 0 Å². The van der Waals surface area contributed by atoms with E-state index in [9.17, 15) is 13.6 Å². The van der Waals surface area contributed by atoms with Crippen LogP contribution in [0.3, 0.4) is 0 Å². The van der Waals surface area contributed by atoms with Gasteiger partial charge in [0, 0.05) is 16.7 Å². The van der Waals surface area contributed by atoms with Crippen LogP contribution in [0.15, 0.2) is 66.7 Å². The van der Waals surface area contributed by atoms with E-state index in [1.807, 2.05) is 0 Å². The summed E-state index contributed by atoms with van der Waals surface area (Å²) >= 11 is 0. The van der Waals surface area contributed by atoms with Crippen molar-refractivity contribution in [3.63, 3.8) is 0 Å². The van der Waals surface area contributed by atoms with Gasteiger partial charge in [0.15, 0.2) is 5.78 Å². The number of rotatable bonds is 3. The smallest absolute Gasteiger partial charge is 0.159 e. The minimum absolute atomic E-state index is 0.0651. The average molecular weight is 360 g/mol. The molecule has 0 aliphatic heterocycles. The molecule has 3 aromatic carbocycles. The van der Waals surface area contributed by atoms with E-state index in [1.165, 1.54) is 31.2 Å². The molecule has 0 fully saturated rings. The summed E-state index contributed by atoms with van der Waals surface area (Å²) in [5.74, 6) is -0.763. The monoisotopic (exact) mass is 360 g/mol. The minimum atomic E-state index is -0.352. The molecular weight excluding hydrogens is 346 g/mol. The number of carbonyl (C=O) groups is 1. The summed E-state index contributed by atoms with van der Waals surface area (Å²) in [7, 11) is 0. The van der Waals surface area contributed by atoms with Crippen molar-refractivity contribution in [2.24, 2.45) is 0 Å². The van der Waals surface area contributed by atoms with E-state index < -0.39 is 0 Å². The fraction of sp³-hybridized carbons (Fsp3) is 0.0455. The first-order valence-electron chi connectivity index (χ1n) is 8.36. The van der Waals surface area contributed by atoms with Gasteiger partial charge in [-0.05, 0) is 73.7 Å². The van der Waals surface area contributed by atoms with E-state index in [2.05, 4.69) is 9.97 Å². The normalized spacial score (nSPS) is 10.9. The third-order valence-corrected chi connectivity index (χ3v) is 4.31. The van der Waals surface area contributed by atoms with Gasteiger partial charge in [-0.15, -0.1) is 0 Å². The number of benzene rings is 3. The number of fused-ring (bicyclic) bond motifs is 1. The number of carbonyl (C=O) groups excluding carboxylic acids is 1. The minimum Gasteiger partial charge on any atom is -0.295 e. The second kappa shape index (κ2) is 6.68. The molecule has 0 aliphatic carbocycles. The van der Waals surface area contributed by atoms with Crippen molar-refractivity contribution in [1.82, 2.24) is 9.97 Å². The molecule has 1 heterocycles. The first-order valence-corrected chi connectivity index (χ1v) is 8.36. The largest absolute Gasteiger partial charge is 0.295 e. The lowest BCUT2D eigenvalue weighted by molar-refractivity contribution is 0.101. The fourth-order valence-corrected chi connectivity index (χ4v) is 2.89. The highest BCUT2D eigenvalue weighted by Gasteiger charge is 2.14. The van der Waals surface area contributed by atoms with Gasteiger partial charge in [0.1, 0.15) is 11.6 Å². The van der Waals surface area contributed by atoms with Crippen LogP contribution in [0.25, 0.3) is 33.5 Å². The quantitative estimate of drug-likeness (QED) is 0.457. The maximum Gasteiger partial charge on any atom is 0.159 e. The van der Waals surface area contributed by atoms with Gasteiger partial charge in [-0.1, -0.05) is 0 Å². The third-order valence-electron chi connectivity index (χ3n) is 4.31. The second-order valence-corrected chi connectivity index (χ2v) is 6.19. The topological polar surface area (TPSA) is 42.9 Å². The molecule has 4 aromatic rings. The van der Waals surface area contributed by atoms with Crippen LogP contribution in [0.4, 0.5) is 8.78 Å². The van der Waals surface area contributed by atoms with Crippen LogP contribution >= 0.6 is 0 Å². The highest BCUT2D eigenvalue weighted by atomic mass is 19.1. The van der Waals surface area contributed by atoms with Crippen LogP contribution in [0.5, 0.6) is 0 Å². The molecule has 0 bridgehead atoms. The fourth-order valence-electron chi connectivity index (χ4n) is 2.89. The molecule has 0 saturated carbocycles. The zero-order chi connectivity index (χ0) is 19.0. The molecule has 0 unspecified atom stereocenters. The molecule has 3 nitrogen and oxygen atoms in total. The van der Waals surface area contributed by atoms with Crippen LogP contribution in [0.2, 0.25) is 0 Å². The Morgan fingerprint density at radius 2 is 1.19 bits per heavy atom. The van der Waals surface area contributed by atoms with Crippen molar-refractivity contribution in [3.05, 3.63) is 83.9 Å². The predicted octanol–water partition coefficient (Wildman–Crippen LogP) is 5.44. The van der Waals surface area contributed by atoms with Crippen LogP contribution in [-0.2, 0) is 0 Å². The van der Waals surface area contributed by atoms with E-state index in [-0.39, 0.29) is 17.4 Å². The lowest BCUT2D eigenvalue weighted by Gasteiger charge is -2.11. The average Bonchev–Trinajstić information content (AvgIpc) is 2.68. The molecule has 0 atom stereocenters. The summed E-state index contributed by atoms with van der Waals surface area (Å²) in [5, 5.41) is 0. The molecule has 0 saturated heterocycles. The van der Waals surface area contributed by atoms with Gasteiger partial charge >= 0.3 is 0 Å². The standard InChI is InChI=1S/C22H14F2N2O/c1-13(27)16-6-11-19-20(12-16)26-22(15-4-9-18(24)10-5-15)21(25-19)14-2-7-17(23)8-3-14/h2-12H,1H3. The van der Waals surface area contributed by atoms with Gasteiger partial charge in [-0.3, -0.25) is 4.79 Å². The van der Waals surface area contributed by atoms with E-state index in [1.54, 1.807) is 42.5 Å². The lowest BCUT2D eigenvalue weighted by atomic mass is 10.0. The molecular formula is C22H14F2N2O. The number of Topliss-reactive ketones (excluding diaryl/α,β-unsaturated/α-hetero) is 1. The zero-order valence-corrected chi connectivity index (χ0v) is 14.4. The van der Waals surface area contributed by atoms with E-state index >= 15 is 0 Å². The van der Waals surface area contributed by atoms with Crippen molar-refractivity contribution in [1.29, 1.82) is 0 Å². The van der Waals surface area contributed by atoms with Crippen LogP contribution in [0, 0.1) is 11.6 Å². The zero-order valence-electron chi connectivity index (χ0n) is 14.4. The predicted molar refractivity (Wildman–Crippen MR) is 100 cm³/mol. The highest BCUT2D eigenvalue weighted by Crippen LogP contribution is 2.31. The molecule has 132 valence electrons. The van der Waals surface area contributed by atoms with Gasteiger partial charge in [0.2, 0.25) is 0 Å². The Bertz CT molecular complexity index is 1150.